The lowest BCUT2D eigenvalue weighted by Gasteiger charge is -2.29. The van der Waals surface area contributed by atoms with Gasteiger partial charge in [-0.3, -0.25) is 24.7 Å². The number of carbonyl (C=O) groups is 3. The fourth-order valence-electron chi connectivity index (χ4n) is 4.26. The number of amides is 3. The Bertz CT molecular complexity index is 1160. The average molecular weight is 593 g/mol. The summed E-state index contributed by atoms with van der Waals surface area (Å²) in [6, 6.07) is 9.46. The van der Waals surface area contributed by atoms with Crippen molar-refractivity contribution in [3.63, 3.8) is 0 Å². The molecular weight excluding hydrogens is 553 g/mol. The summed E-state index contributed by atoms with van der Waals surface area (Å²) >= 11 is 0. The van der Waals surface area contributed by atoms with E-state index >= 15 is 0 Å². The number of halogens is 3. The zero-order valence-corrected chi connectivity index (χ0v) is 23.1. The normalized spacial score (nSPS) is 14.2. The molecule has 0 heterocycles. The Morgan fingerprint density at radius 3 is 1.83 bits per heavy atom. The largest absolute Gasteiger partial charge is 0.407 e. The zero-order chi connectivity index (χ0) is 31.1. The Kier molecular flexibility index (Phi) is 13.7. The lowest BCUT2D eigenvalue weighted by molar-refractivity contribution is -0.161. The highest BCUT2D eigenvalue weighted by Crippen LogP contribution is 2.33. The molecule has 2 aromatic rings. The number of hydrogen-bond donors (Lipinski definition) is 7. The van der Waals surface area contributed by atoms with Crippen LogP contribution in [-0.2, 0) is 14.4 Å². The third-order valence-electron chi connectivity index (χ3n) is 6.37. The molecule has 14 heteroatoms. The van der Waals surface area contributed by atoms with Crippen LogP contribution >= 0.6 is 0 Å². The molecule has 11 nitrogen and oxygen atoms in total. The molecule has 0 unspecified atom stereocenters. The van der Waals surface area contributed by atoms with Crippen LogP contribution < -0.4 is 38.9 Å². The summed E-state index contributed by atoms with van der Waals surface area (Å²) in [4.78, 5) is 42.8. The maximum Gasteiger partial charge on any atom is 0.407 e. The van der Waals surface area contributed by atoms with Gasteiger partial charge in [0.15, 0.2) is 5.96 Å². The summed E-state index contributed by atoms with van der Waals surface area (Å²) in [6.45, 7) is 0.406. The molecule has 2 aromatic carbocycles. The molecule has 0 saturated carbocycles. The SMILES string of the molecule is NCCCC[C@H](NC(=O)[C@H](CCCN=C(N)N)N[C@@H](c1ccccc1)C(F)(F)F)C(=O)N[C@@H](C(N)=O)c1ccccc1. The number of unbranched alkanes of at least 4 members (excludes halogenated alkanes) is 1. The molecule has 0 aliphatic rings. The van der Waals surface area contributed by atoms with E-state index in [-0.39, 0.29) is 37.3 Å². The molecule has 11 N–H and O–H groups in total. The van der Waals surface area contributed by atoms with Gasteiger partial charge in [0, 0.05) is 6.54 Å². The van der Waals surface area contributed by atoms with Crippen molar-refractivity contribution in [2.45, 2.75) is 62.4 Å². The lowest BCUT2D eigenvalue weighted by atomic mass is 10.0. The van der Waals surface area contributed by atoms with Gasteiger partial charge in [0.2, 0.25) is 17.7 Å². The van der Waals surface area contributed by atoms with Gasteiger partial charge in [0.05, 0.1) is 6.04 Å². The minimum absolute atomic E-state index is 0.0763. The Morgan fingerprint density at radius 2 is 1.31 bits per heavy atom. The van der Waals surface area contributed by atoms with Crippen LogP contribution in [0.2, 0.25) is 0 Å². The summed E-state index contributed by atoms with van der Waals surface area (Å²) in [5.41, 5.74) is 22.1. The van der Waals surface area contributed by atoms with Crippen LogP contribution in [0.1, 0.15) is 55.3 Å². The molecular formula is C28H39F3N8O3. The summed E-state index contributed by atoms with van der Waals surface area (Å²) in [7, 11) is 0. The van der Waals surface area contributed by atoms with Crippen LogP contribution in [-0.4, -0.2) is 55.0 Å². The highest BCUT2D eigenvalue weighted by atomic mass is 19.4. The number of hydrogen-bond acceptors (Lipinski definition) is 6. The van der Waals surface area contributed by atoms with Crippen molar-refractivity contribution in [3.8, 4) is 0 Å². The molecule has 42 heavy (non-hydrogen) atoms. The quantitative estimate of drug-likeness (QED) is 0.0813. The molecule has 0 spiro atoms. The van der Waals surface area contributed by atoms with Gasteiger partial charge < -0.3 is 33.6 Å². The molecule has 0 aliphatic carbocycles. The van der Waals surface area contributed by atoms with E-state index in [0.717, 1.165) is 0 Å². The van der Waals surface area contributed by atoms with Crippen molar-refractivity contribution in [1.29, 1.82) is 0 Å². The summed E-state index contributed by atoms with van der Waals surface area (Å²) in [6.07, 6.45) is -3.56. The van der Waals surface area contributed by atoms with Crippen LogP contribution in [0.5, 0.6) is 0 Å². The number of nitrogens with one attached hydrogen (secondary N) is 3. The number of alkyl halides is 3. The minimum Gasteiger partial charge on any atom is -0.370 e. The van der Waals surface area contributed by atoms with Crippen LogP contribution in [0.4, 0.5) is 13.2 Å². The highest BCUT2D eigenvalue weighted by molar-refractivity contribution is 5.93. The van der Waals surface area contributed by atoms with Crippen molar-refractivity contribution >= 4 is 23.7 Å². The predicted octanol–water partition coefficient (Wildman–Crippen LogP) is 1.26. The third-order valence-corrected chi connectivity index (χ3v) is 6.37. The van der Waals surface area contributed by atoms with E-state index in [1.807, 2.05) is 0 Å². The van der Waals surface area contributed by atoms with E-state index < -0.39 is 48.1 Å². The van der Waals surface area contributed by atoms with E-state index in [1.165, 1.54) is 24.3 Å². The van der Waals surface area contributed by atoms with Gasteiger partial charge >= 0.3 is 6.18 Å². The predicted molar refractivity (Wildman–Crippen MR) is 153 cm³/mol. The number of carbonyl (C=O) groups excluding carboxylic acids is 3. The number of primary amides is 1. The molecule has 0 aliphatic heterocycles. The second kappa shape index (κ2) is 16.9. The molecule has 2 rings (SSSR count). The van der Waals surface area contributed by atoms with Crippen LogP contribution in [0.3, 0.4) is 0 Å². The first-order valence-corrected chi connectivity index (χ1v) is 13.5. The van der Waals surface area contributed by atoms with Crippen molar-refractivity contribution < 1.29 is 27.6 Å². The van der Waals surface area contributed by atoms with Gasteiger partial charge in [0.25, 0.3) is 0 Å². The van der Waals surface area contributed by atoms with Crippen molar-refractivity contribution in [2.75, 3.05) is 13.1 Å². The number of aliphatic imine (C=N–C) groups is 1. The van der Waals surface area contributed by atoms with E-state index in [0.29, 0.717) is 24.9 Å². The zero-order valence-electron chi connectivity index (χ0n) is 23.1. The summed E-state index contributed by atoms with van der Waals surface area (Å²) in [5, 5.41) is 7.55. The van der Waals surface area contributed by atoms with Gasteiger partial charge in [-0.05, 0) is 49.8 Å². The average Bonchev–Trinajstić information content (AvgIpc) is 2.94. The Labute approximate surface area is 242 Å². The Morgan fingerprint density at radius 1 is 0.762 bits per heavy atom. The van der Waals surface area contributed by atoms with E-state index in [2.05, 4.69) is 20.9 Å². The van der Waals surface area contributed by atoms with E-state index in [4.69, 9.17) is 22.9 Å². The second-order valence-corrected chi connectivity index (χ2v) is 9.65. The maximum atomic E-state index is 14.1. The molecule has 230 valence electrons. The molecule has 0 aromatic heterocycles. The topological polar surface area (TPSA) is 204 Å². The van der Waals surface area contributed by atoms with Gasteiger partial charge in [-0.1, -0.05) is 60.7 Å². The highest BCUT2D eigenvalue weighted by Gasteiger charge is 2.43. The molecule has 0 radical (unpaired) electrons. The smallest absolute Gasteiger partial charge is 0.370 e. The summed E-state index contributed by atoms with van der Waals surface area (Å²) in [5.74, 6) is -2.58. The van der Waals surface area contributed by atoms with E-state index in [1.54, 1.807) is 36.4 Å². The molecule has 0 bridgehead atoms. The second-order valence-electron chi connectivity index (χ2n) is 9.65. The molecule has 4 atom stereocenters. The number of benzene rings is 2. The fraction of sp³-hybridized carbons (Fsp3) is 0.429. The Balaban J connectivity index is 2.32. The molecule has 0 saturated heterocycles. The fourth-order valence-corrected chi connectivity index (χ4v) is 4.26. The first-order chi connectivity index (χ1) is 19.9. The number of rotatable bonds is 17. The first-order valence-electron chi connectivity index (χ1n) is 13.5. The third kappa shape index (κ3) is 11.4. The monoisotopic (exact) mass is 592 g/mol. The number of nitrogens with zero attached hydrogens (tertiary/aromatic N) is 1. The Hall–Kier alpha value is -4.17. The number of guanidine groups is 1. The van der Waals surface area contributed by atoms with E-state index in [9.17, 15) is 27.6 Å². The van der Waals surface area contributed by atoms with Crippen LogP contribution in [0.15, 0.2) is 65.7 Å². The van der Waals surface area contributed by atoms with Crippen molar-refractivity contribution in [1.82, 2.24) is 16.0 Å². The maximum absolute atomic E-state index is 14.1. The van der Waals surface area contributed by atoms with Gasteiger partial charge in [-0.25, -0.2) is 0 Å². The molecule has 0 fully saturated rings. The van der Waals surface area contributed by atoms with Gasteiger partial charge in [0.1, 0.15) is 18.1 Å². The standard InChI is InChI=1S/C28H39F3N8O3/c29-28(30,31)23(19-12-5-2-6-13-19)37-20(15-9-17-36-27(34)35)25(41)38-21(14-7-8-16-32)26(42)39-22(24(33)40)18-10-3-1-4-11-18/h1-6,10-13,20-23,37H,7-9,14-17,32H2,(H2,33,40)(H,38,41)(H,39,42)(H4,34,35,36)/t20-,21-,22+,23-/m0/s1. The van der Waals surface area contributed by atoms with Gasteiger partial charge in [-0.2, -0.15) is 13.2 Å². The van der Waals surface area contributed by atoms with Crippen LogP contribution in [0.25, 0.3) is 0 Å². The van der Waals surface area contributed by atoms with Crippen molar-refractivity contribution in [2.24, 2.45) is 27.9 Å². The summed E-state index contributed by atoms with van der Waals surface area (Å²) < 4.78 is 42.4. The van der Waals surface area contributed by atoms with Gasteiger partial charge in [-0.15, -0.1) is 0 Å². The molecule has 3 amide bonds. The number of nitrogens with two attached hydrogens (primary N) is 4. The van der Waals surface area contributed by atoms with Crippen molar-refractivity contribution in [3.05, 3.63) is 71.8 Å². The lowest BCUT2D eigenvalue weighted by Crippen LogP contribution is -2.55. The first kappa shape index (κ1) is 34.0. The van der Waals surface area contributed by atoms with Crippen LogP contribution in [0, 0.1) is 0 Å². The minimum atomic E-state index is -4.73.